The molecular formula is C18H21ClN2O3. The van der Waals surface area contributed by atoms with Crippen LogP contribution in [0.5, 0.6) is 5.75 Å². The maximum atomic E-state index is 12.7. The Morgan fingerprint density at radius 1 is 1.42 bits per heavy atom. The molecule has 1 aromatic carbocycles. The summed E-state index contributed by atoms with van der Waals surface area (Å²) in [6.45, 7) is 4.09. The van der Waals surface area contributed by atoms with Crippen LogP contribution in [0.15, 0.2) is 18.2 Å². The van der Waals surface area contributed by atoms with Gasteiger partial charge in [-0.25, -0.2) is 0 Å². The Morgan fingerprint density at radius 2 is 2.29 bits per heavy atom. The molecule has 2 aliphatic rings. The zero-order chi connectivity index (χ0) is 16.7. The van der Waals surface area contributed by atoms with Crippen LogP contribution in [-0.2, 0) is 11.3 Å². The van der Waals surface area contributed by atoms with E-state index in [0.717, 1.165) is 42.5 Å². The number of hydrogen-bond donors (Lipinski definition) is 1. The molecular weight excluding hydrogens is 328 g/mol. The van der Waals surface area contributed by atoms with Gasteiger partial charge in [-0.3, -0.25) is 4.79 Å². The number of amides is 1. The van der Waals surface area contributed by atoms with Crippen LogP contribution in [0, 0.1) is 0 Å². The number of benzene rings is 1. The number of carbonyl (C=O) groups is 1. The average Bonchev–Trinajstić information content (AvgIpc) is 3.24. The van der Waals surface area contributed by atoms with Crippen LogP contribution in [0.25, 0.3) is 10.9 Å². The van der Waals surface area contributed by atoms with Crippen LogP contribution < -0.4 is 10.1 Å². The van der Waals surface area contributed by atoms with Crippen molar-refractivity contribution >= 4 is 28.4 Å². The molecule has 1 saturated heterocycles. The third-order valence-electron chi connectivity index (χ3n) is 4.85. The van der Waals surface area contributed by atoms with Crippen molar-refractivity contribution in [2.24, 2.45) is 0 Å². The zero-order valence-corrected chi connectivity index (χ0v) is 14.4. The van der Waals surface area contributed by atoms with Crippen LogP contribution in [0.4, 0.5) is 0 Å². The number of nitrogens with one attached hydrogen (secondary N) is 1. The summed E-state index contributed by atoms with van der Waals surface area (Å²) in [6, 6.07) is 5.58. The molecule has 6 heteroatoms. The van der Waals surface area contributed by atoms with Crippen LogP contribution in [0.3, 0.4) is 0 Å². The predicted octanol–water partition coefficient (Wildman–Crippen LogP) is 3.37. The molecule has 0 unspecified atom stereocenters. The first-order valence-corrected chi connectivity index (χ1v) is 8.93. The summed E-state index contributed by atoms with van der Waals surface area (Å²) in [5.41, 5.74) is 1.55. The van der Waals surface area contributed by atoms with Gasteiger partial charge in [0.15, 0.2) is 0 Å². The molecule has 0 radical (unpaired) electrons. The van der Waals surface area contributed by atoms with Gasteiger partial charge in [-0.15, -0.1) is 0 Å². The molecule has 1 N–H and O–H groups in total. The number of aromatic nitrogens is 1. The normalized spacial score (nSPS) is 22.6. The first-order chi connectivity index (χ1) is 11.7. The van der Waals surface area contributed by atoms with E-state index in [2.05, 4.69) is 12.2 Å². The maximum absolute atomic E-state index is 12.7. The highest BCUT2D eigenvalue weighted by Crippen LogP contribution is 2.38. The number of ether oxygens (including phenoxy) is 2. The highest BCUT2D eigenvalue weighted by atomic mass is 35.5. The van der Waals surface area contributed by atoms with Crippen molar-refractivity contribution in [3.8, 4) is 5.75 Å². The lowest BCUT2D eigenvalue weighted by molar-refractivity contribution is 0.0845. The molecule has 0 bridgehead atoms. The Hall–Kier alpha value is -1.72. The van der Waals surface area contributed by atoms with E-state index in [9.17, 15) is 4.79 Å². The largest absolute Gasteiger partial charge is 0.486 e. The molecule has 2 aromatic rings. The molecule has 2 atom stereocenters. The number of nitrogens with zero attached hydrogens (tertiary/aromatic N) is 1. The Bertz CT molecular complexity index is 780. The van der Waals surface area contributed by atoms with E-state index in [1.165, 1.54) is 0 Å². The van der Waals surface area contributed by atoms with Crippen LogP contribution in [0.2, 0.25) is 5.02 Å². The number of halogens is 1. The fraction of sp³-hybridized carbons (Fsp3) is 0.500. The van der Waals surface area contributed by atoms with Gasteiger partial charge in [0.2, 0.25) is 0 Å². The van der Waals surface area contributed by atoms with Gasteiger partial charge in [0, 0.05) is 18.5 Å². The Labute approximate surface area is 145 Å². The number of hydrogen-bond acceptors (Lipinski definition) is 3. The third kappa shape index (κ3) is 2.66. The first-order valence-electron chi connectivity index (χ1n) is 8.55. The van der Waals surface area contributed by atoms with Crippen molar-refractivity contribution in [2.45, 2.75) is 44.9 Å². The van der Waals surface area contributed by atoms with E-state index >= 15 is 0 Å². The fourth-order valence-electron chi connectivity index (χ4n) is 3.52. The Balaban J connectivity index is 1.67. The van der Waals surface area contributed by atoms with E-state index in [1.54, 1.807) is 0 Å². The van der Waals surface area contributed by atoms with Crippen LogP contribution in [-0.4, -0.2) is 35.8 Å². The molecule has 1 fully saturated rings. The summed E-state index contributed by atoms with van der Waals surface area (Å²) in [5.74, 6) is 0.714. The summed E-state index contributed by atoms with van der Waals surface area (Å²) in [4.78, 5) is 12.7. The molecule has 0 aliphatic carbocycles. The quantitative estimate of drug-likeness (QED) is 0.921. The first kappa shape index (κ1) is 15.8. The van der Waals surface area contributed by atoms with Crippen molar-refractivity contribution in [3.63, 3.8) is 0 Å². The van der Waals surface area contributed by atoms with Gasteiger partial charge >= 0.3 is 0 Å². The van der Waals surface area contributed by atoms with Gasteiger partial charge in [0.05, 0.1) is 23.2 Å². The van der Waals surface area contributed by atoms with Gasteiger partial charge in [-0.2, -0.15) is 0 Å². The minimum Gasteiger partial charge on any atom is -0.486 e. The maximum Gasteiger partial charge on any atom is 0.268 e. The van der Waals surface area contributed by atoms with Gasteiger partial charge in [-0.05, 0) is 37.5 Å². The smallest absolute Gasteiger partial charge is 0.268 e. The lowest BCUT2D eigenvalue weighted by Gasteiger charge is -2.26. The summed E-state index contributed by atoms with van der Waals surface area (Å²) in [7, 11) is 0. The molecule has 3 heterocycles. The van der Waals surface area contributed by atoms with Gasteiger partial charge in [0.1, 0.15) is 17.5 Å². The van der Waals surface area contributed by atoms with Crippen LogP contribution in [0.1, 0.15) is 36.7 Å². The minimum atomic E-state index is -0.0829. The van der Waals surface area contributed by atoms with Crippen LogP contribution >= 0.6 is 11.6 Å². The van der Waals surface area contributed by atoms with Crippen molar-refractivity contribution < 1.29 is 14.3 Å². The molecule has 128 valence electrons. The molecule has 0 saturated carbocycles. The molecule has 24 heavy (non-hydrogen) atoms. The summed E-state index contributed by atoms with van der Waals surface area (Å²) < 4.78 is 13.6. The topological polar surface area (TPSA) is 52.5 Å². The average molecular weight is 349 g/mol. The van der Waals surface area contributed by atoms with Gasteiger partial charge < -0.3 is 19.4 Å². The second-order valence-electron chi connectivity index (χ2n) is 6.44. The van der Waals surface area contributed by atoms with E-state index in [4.69, 9.17) is 21.1 Å². The molecule has 0 spiro atoms. The van der Waals surface area contributed by atoms with Crippen molar-refractivity contribution in [1.82, 2.24) is 9.88 Å². The van der Waals surface area contributed by atoms with Gasteiger partial charge in [0.25, 0.3) is 5.91 Å². The molecule has 1 amide bonds. The monoisotopic (exact) mass is 348 g/mol. The zero-order valence-electron chi connectivity index (χ0n) is 13.7. The molecule has 1 aromatic heterocycles. The lowest BCUT2D eigenvalue weighted by atomic mass is 10.2. The number of carbonyl (C=O) groups excluding carboxylic acids is 1. The number of rotatable bonds is 4. The van der Waals surface area contributed by atoms with Crippen molar-refractivity contribution in [1.29, 1.82) is 0 Å². The molecule has 2 aliphatic heterocycles. The van der Waals surface area contributed by atoms with Crippen molar-refractivity contribution in [3.05, 3.63) is 28.9 Å². The lowest BCUT2D eigenvalue weighted by Crippen LogP contribution is -2.35. The van der Waals surface area contributed by atoms with E-state index in [1.807, 2.05) is 22.8 Å². The Kier molecular flexibility index (Phi) is 4.14. The van der Waals surface area contributed by atoms with Gasteiger partial charge in [-0.1, -0.05) is 18.5 Å². The third-order valence-corrected chi connectivity index (χ3v) is 5.18. The van der Waals surface area contributed by atoms with E-state index in [0.29, 0.717) is 23.8 Å². The summed E-state index contributed by atoms with van der Waals surface area (Å²) >= 11 is 6.33. The second-order valence-corrected chi connectivity index (χ2v) is 6.85. The summed E-state index contributed by atoms with van der Waals surface area (Å²) in [6.07, 6.45) is 3.16. The van der Waals surface area contributed by atoms with E-state index in [-0.39, 0.29) is 18.1 Å². The highest BCUT2D eigenvalue weighted by Gasteiger charge is 2.27. The van der Waals surface area contributed by atoms with E-state index < -0.39 is 0 Å². The highest BCUT2D eigenvalue weighted by molar-refractivity contribution is 6.36. The summed E-state index contributed by atoms with van der Waals surface area (Å²) in [5, 5.41) is 4.51. The molecule has 5 nitrogen and oxygen atoms in total. The van der Waals surface area contributed by atoms with Crippen molar-refractivity contribution in [2.75, 3.05) is 13.2 Å². The Morgan fingerprint density at radius 3 is 3.04 bits per heavy atom. The minimum absolute atomic E-state index is 0.0685. The second kappa shape index (κ2) is 6.30. The SMILES string of the molecule is CC[C@H]1Cn2c(C(=O)NC[C@H]3CCCO3)cc3c(Cl)ccc(c32)O1. The molecule has 4 rings (SSSR count). The standard InChI is InChI=1S/C18H21ClN2O3/c1-2-11-10-21-15(18(22)20-9-12-4-3-7-23-12)8-13-14(19)5-6-16(24-11)17(13)21/h5-6,8,11-12H,2-4,7,9-10H2,1H3,(H,20,22)/t11-,12+/m0/s1. The predicted molar refractivity (Wildman–Crippen MR) is 93.0 cm³/mol. The fourth-order valence-corrected chi connectivity index (χ4v) is 3.73.